The predicted octanol–water partition coefficient (Wildman–Crippen LogP) is 4.57. The molecule has 0 spiro atoms. The topological polar surface area (TPSA) is 12.9 Å². The lowest BCUT2D eigenvalue weighted by molar-refractivity contribution is 0.542. The van der Waals surface area contributed by atoms with Crippen molar-refractivity contribution in [1.29, 1.82) is 0 Å². The van der Waals surface area contributed by atoms with E-state index in [1.807, 2.05) is 29.7 Å². The Kier molecular flexibility index (Phi) is 3.39. The fraction of sp³-hybridized carbons (Fsp3) is 0.357. The molecule has 0 unspecified atom stereocenters. The molecule has 2 rings (SSSR count). The van der Waals surface area contributed by atoms with Crippen molar-refractivity contribution in [3.05, 3.63) is 41.4 Å². The highest BCUT2D eigenvalue weighted by Crippen LogP contribution is 2.34. The molecule has 0 bridgehead atoms. The van der Waals surface area contributed by atoms with Crippen LogP contribution in [0, 0.1) is 5.92 Å². The first-order chi connectivity index (χ1) is 7.68. The van der Waals surface area contributed by atoms with Crippen molar-refractivity contribution in [2.24, 2.45) is 5.92 Å². The number of pyridine rings is 1. The van der Waals surface area contributed by atoms with Crippen LogP contribution in [0.25, 0.3) is 10.6 Å². The van der Waals surface area contributed by atoms with Gasteiger partial charge in [0.25, 0.3) is 0 Å². The first-order valence-corrected chi connectivity index (χ1v) is 6.51. The Morgan fingerprint density at radius 1 is 1.06 bits per heavy atom. The van der Waals surface area contributed by atoms with Crippen LogP contribution in [0.15, 0.2) is 36.5 Å². The van der Waals surface area contributed by atoms with Gasteiger partial charge in [0.05, 0.1) is 10.6 Å². The number of aromatic nitrogens is 1. The van der Waals surface area contributed by atoms with Crippen molar-refractivity contribution in [2.45, 2.75) is 26.7 Å². The number of nitrogens with zero attached hydrogens (tertiary/aromatic N) is 1. The standard InChI is InChI=1S/C14H17NS/c1-10(2)11(3)13-7-8-14(16-13)12-6-4-5-9-15-12/h4-11H,1-3H3/t11-/m1/s1. The van der Waals surface area contributed by atoms with Crippen LogP contribution in [-0.2, 0) is 0 Å². The van der Waals surface area contributed by atoms with E-state index in [-0.39, 0.29) is 0 Å². The van der Waals surface area contributed by atoms with Gasteiger partial charge in [0.2, 0.25) is 0 Å². The Balaban J connectivity index is 2.27. The van der Waals surface area contributed by atoms with Crippen LogP contribution >= 0.6 is 11.3 Å². The van der Waals surface area contributed by atoms with Gasteiger partial charge in [0, 0.05) is 11.1 Å². The average molecular weight is 231 g/mol. The zero-order valence-electron chi connectivity index (χ0n) is 9.97. The lowest BCUT2D eigenvalue weighted by Crippen LogP contribution is -1.98. The number of hydrogen-bond donors (Lipinski definition) is 0. The Morgan fingerprint density at radius 3 is 2.50 bits per heavy atom. The van der Waals surface area contributed by atoms with Gasteiger partial charge in [-0.15, -0.1) is 11.3 Å². The fourth-order valence-corrected chi connectivity index (χ4v) is 2.78. The second kappa shape index (κ2) is 4.79. The van der Waals surface area contributed by atoms with Gasteiger partial charge in [-0.25, -0.2) is 0 Å². The van der Waals surface area contributed by atoms with Gasteiger partial charge in [-0.2, -0.15) is 0 Å². The molecule has 1 nitrogen and oxygen atoms in total. The molecule has 1 atom stereocenters. The Bertz CT molecular complexity index is 445. The van der Waals surface area contributed by atoms with E-state index >= 15 is 0 Å². The molecule has 16 heavy (non-hydrogen) atoms. The molecule has 0 amide bonds. The molecule has 0 aromatic carbocycles. The lowest BCUT2D eigenvalue weighted by atomic mass is 9.97. The summed E-state index contributed by atoms with van der Waals surface area (Å²) in [7, 11) is 0. The van der Waals surface area contributed by atoms with E-state index in [9.17, 15) is 0 Å². The minimum absolute atomic E-state index is 0.627. The van der Waals surface area contributed by atoms with Crippen LogP contribution in [0.4, 0.5) is 0 Å². The number of hydrogen-bond acceptors (Lipinski definition) is 2. The third kappa shape index (κ3) is 2.33. The molecule has 0 aliphatic carbocycles. The summed E-state index contributed by atoms with van der Waals surface area (Å²) < 4.78 is 0. The quantitative estimate of drug-likeness (QED) is 0.754. The predicted molar refractivity (Wildman–Crippen MR) is 70.8 cm³/mol. The highest BCUT2D eigenvalue weighted by atomic mass is 32.1. The van der Waals surface area contributed by atoms with E-state index in [1.165, 1.54) is 9.75 Å². The maximum absolute atomic E-state index is 4.38. The van der Waals surface area contributed by atoms with Crippen LogP contribution in [0.2, 0.25) is 0 Å². The summed E-state index contributed by atoms with van der Waals surface area (Å²) in [5.74, 6) is 1.32. The molecule has 2 heteroatoms. The summed E-state index contributed by atoms with van der Waals surface area (Å²) in [6.07, 6.45) is 1.85. The maximum Gasteiger partial charge on any atom is 0.0801 e. The smallest absolute Gasteiger partial charge is 0.0801 e. The van der Waals surface area contributed by atoms with Crippen LogP contribution < -0.4 is 0 Å². The summed E-state index contributed by atoms with van der Waals surface area (Å²) in [5, 5.41) is 0. The van der Waals surface area contributed by atoms with Crippen LogP contribution in [0.1, 0.15) is 31.6 Å². The van der Waals surface area contributed by atoms with Crippen molar-refractivity contribution in [3.8, 4) is 10.6 Å². The fourth-order valence-electron chi connectivity index (χ4n) is 1.57. The van der Waals surface area contributed by atoms with E-state index in [2.05, 4.69) is 44.0 Å². The summed E-state index contributed by atoms with van der Waals surface area (Å²) in [5.41, 5.74) is 1.08. The van der Waals surface area contributed by atoms with Crippen LogP contribution in [-0.4, -0.2) is 4.98 Å². The van der Waals surface area contributed by atoms with Gasteiger partial charge >= 0.3 is 0 Å². The summed E-state index contributed by atoms with van der Waals surface area (Å²) >= 11 is 1.86. The molecular formula is C14H17NS. The SMILES string of the molecule is CC(C)[C@@H](C)c1ccc(-c2ccccn2)s1. The number of rotatable bonds is 3. The van der Waals surface area contributed by atoms with Crippen molar-refractivity contribution in [3.63, 3.8) is 0 Å². The van der Waals surface area contributed by atoms with Crippen molar-refractivity contribution in [1.82, 2.24) is 4.98 Å². The highest BCUT2D eigenvalue weighted by molar-refractivity contribution is 7.15. The summed E-state index contributed by atoms with van der Waals surface area (Å²) in [4.78, 5) is 7.10. The molecular weight excluding hydrogens is 214 g/mol. The second-order valence-corrected chi connectivity index (χ2v) is 5.57. The first kappa shape index (κ1) is 11.3. The molecule has 2 heterocycles. The molecule has 2 aromatic heterocycles. The zero-order chi connectivity index (χ0) is 11.5. The molecule has 2 aromatic rings. The van der Waals surface area contributed by atoms with Gasteiger partial charge in [-0.05, 0) is 36.1 Å². The van der Waals surface area contributed by atoms with Gasteiger partial charge in [0.1, 0.15) is 0 Å². The largest absolute Gasteiger partial charge is 0.255 e. The average Bonchev–Trinajstić information content (AvgIpc) is 2.78. The van der Waals surface area contributed by atoms with E-state index in [0.717, 1.165) is 5.69 Å². The maximum atomic E-state index is 4.38. The molecule has 0 fully saturated rings. The van der Waals surface area contributed by atoms with Gasteiger partial charge in [0.15, 0.2) is 0 Å². The van der Waals surface area contributed by atoms with E-state index in [4.69, 9.17) is 0 Å². The Labute approximate surface area is 101 Å². The van der Waals surface area contributed by atoms with E-state index in [0.29, 0.717) is 11.8 Å². The minimum atomic E-state index is 0.627. The van der Waals surface area contributed by atoms with Crippen LogP contribution in [0.3, 0.4) is 0 Å². The van der Waals surface area contributed by atoms with Gasteiger partial charge < -0.3 is 0 Å². The second-order valence-electron chi connectivity index (χ2n) is 4.45. The summed E-state index contributed by atoms with van der Waals surface area (Å²) in [6.45, 7) is 6.83. The zero-order valence-corrected chi connectivity index (χ0v) is 10.8. The van der Waals surface area contributed by atoms with Gasteiger partial charge in [-0.1, -0.05) is 26.8 Å². The third-order valence-corrected chi connectivity index (χ3v) is 4.30. The summed E-state index contributed by atoms with van der Waals surface area (Å²) in [6, 6.07) is 10.5. The molecule has 0 aliphatic rings. The van der Waals surface area contributed by atoms with Crippen molar-refractivity contribution >= 4 is 11.3 Å². The van der Waals surface area contributed by atoms with Crippen molar-refractivity contribution in [2.75, 3.05) is 0 Å². The molecule has 0 N–H and O–H groups in total. The van der Waals surface area contributed by atoms with Crippen molar-refractivity contribution < 1.29 is 0 Å². The lowest BCUT2D eigenvalue weighted by Gasteiger charge is -2.12. The number of thiophene rings is 1. The minimum Gasteiger partial charge on any atom is -0.255 e. The van der Waals surface area contributed by atoms with E-state index < -0.39 is 0 Å². The molecule has 0 radical (unpaired) electrons. The highest BCUT2D eigenvalue weighted by Gasteiger charge is 2.13. The Morgan fingerprint density at radius 2 is 1.88 bits per heavy atom. The van der Waals surface area contributed by atoms with Crippen LogP contribution in [0.5, 0.6) is 0 Å². The van der Waals surface area contributed by atoms with Gasteiger partial charge in [-0.3, -0.25) is 4.98 Å². The van der Waals surface area contributed by atoms with E-state index in [1.54, 1.807) is 0 Å². The molecule has 0 saturated carbocycles. The first-order valence-electron chi connectivity index (χ1n) is 5.69. The molecule has 0 saturated heterocycles. The molecule has 84 valence electrons. The molecule has 0 aliphatic heterocycles. The monoisotopic (exact) mass is 231 g/mol. The normalized spacial score (nSPS) is 13.0. The third-order valence-electron chi connectivity index (χ3n) is 2.99. The Hall–Kier alpha value is -1.15.